The van der Waals surface area contributed by atoms with E-state index in [1.807, 2.05) is 44.3 Å². The van der Waals surface area contributed by atoms with Gasteiger partial charge in [0.05, 0.1) is 28.8 Å². The molecule has 0 bridgehead atoms. The van der Waals surface area contributed by atoms with E-state index in [0.29, 0.717) is 24.3 Å². The highest BCUT2D eigenvalue weighted by Crippen LogP contribution is 2.40. The lowest BCUT2D eigenvalue weighted by Crippen LogP contribution is -2.44. The van der Waals surface area contributed by atoms with Gasteiger partial charge in [-0.05, 0) is 81.1 Å². The minimum Gasteiger partial charge on any atom is -0.496 e. The Kier molecular flexibility index (Phi) is 9.06. The molecule has 1 N–H and O–H groups in total. The first-order valence-electron chi connectivity index (χ1n) is 13.6. The zero-order valence-electron chi connectivity index (χ0n) is 23.2. The molecule has 0 aliphatic heterocycles. The van der Waals surface area contributed by atoms with Crippen molar-refractivity contribution in [2.75, 3.05) is 20.8 Å². The van der Waals surface area contributed by atoms with Crippen molar-refractivity contribution in [2.24, 2.45) is 0 Å². The smallest absolute Gasteiger partial charge is 0.266 e. The summed E-state index contributed by atoms with van der Waals surface area (Å²) in [6.07, 6.45) is 5.08. The predicted octanol–water partition coefficient (Wildman–Crippen LogP) is 7.48. The van der Waals surface area contributed by atoms with Gasteiger partial charge in [0.15, 0.2) is 0 Å². The van der Waals surface area contributed by atoms with Crippen molar-refractivity contribution in [2.45, 2.75) is 51.2 Å². The number of nitrogens with one attached hydrogen (secondary N) is 1. The summed E-state index contributed by atoms with van der Waals surface area (Å²) in [5.41, 5.74) is 2.64. The molecule has 0 saturated heterocycles. The van der Waals surface area contributed by atoms with Crippen LogP contribution < -0.4 is 14.8 Å². The minimum atomic E-state index is -0.652. The second kappa shape index (κ2) is 12.7. The lowest BCUT2D eigenvalue weighted by Gasteiger charge is -2.37. The Morgan fingerprint density at radius 1 is 1.10 bits per heavy atom. The summed E-state index contributed by atoms with van der Waals surface area (Å²) in [6.45, 7) is 2.65. The molecule has 2 aromatic carbocycles. The largest absolute Gasteiger partial charge is 0.496 e. The van der Waals surface area contributed by atoms with Crippen LogP contribution in [-0.2, 0) is 6.54 Å². The monoisotopic (exact) mass is 599 g/mol. The van der Waals surface area contributed by atoms with Crippen LogP contribution in [0.3, 0.4) is 0 Å². The molecule has 0 atom stereocenters. The number of aromatic nitrogens is 1. The summed E-state index contributed by atoms with van der Waals surface area (Å²) in [4.78, 5) is 20.4. The van der Waals surface area contributed by atoms with Crippen LogP contribution in [0, 0.1) is 11.6 Å². The number of halogens is 3. The van der Waals surface area contributed by atoms with Gasteiger partial charge < -0.3 is 19.7 Å². The van der Waals surface area contributed by atoms with Gasteiger partial charge in [0.2, 0.25) is 5.88 Å². The number of fused-ring (bicyclic) bond motifs is 1. The highest BCUT2D eigenvalue weighted by molar-refractivity contribution is 7.21. The van der Waals surface area contributed by atoms with Crippen molar-refractivity contribution >= 4 is 38.9 Å². The lowest BCUT2D eigenvalue weighted by atomic mass is 9.89. The summed E-state index contributed by atoms with van der Waals surface area (Å²) in [5.74, 6) is -0.446. The quantitative estimate of drug-likeness (QED) is 0.216. The average molecular weight is 600 g/mol. The Labute approximate surface area is 247 Å². The van der Waals surface area contributed by atoms with Crippen molar-refractivity contribution in [3.8, 4) is 22.8 Å². The van der Waals surface area contributed by atoms with E-state index in [2.05, 4.69) is 10.3 Å². The first-order valence-corrected chi connectivity index (χ1v) is 14.8. The highest BCUT2D eigenvalue weighted by atomic mass is 35.5. The second-order valence-electron chi connectivity index (χ2n) is 10.0. The molecule has 1 amide bonds. The zero-order valence-corrected chi connectivity index (χ0v) is 24.7. The molecular formula is C31H32ClF2N3O3S. The van der Waals surface area contributed by atoms with Crippen molar-refractivity contribution in [1.29, 1.82) is 0 Å². The maximum atomic E-state index is 14.7. The van der Waals surface area contributed by atoms with Gasteiger partial charge in [0.25, 0.3) is 5.91 Å². The van der Waals surface area contributed by atoms with Crippen LogP contribution in [0.5, 0.6) is 11.6 Å². The molecule has 1 aliphatic carbocycles. The van der Waals surface area contributed by atoms with Gasteiger partial charge in [-0.15, -0.1) is 11.3 Å². The molecule has 1 fully saturated rings. The Balaban J connectivity index is 1.55. The third-order valence-electron chi connectivity index (χ3n) is 7.66. The molecule has 4 aromatic rings. The van der Waals surface area contributed by atoms with Crippen LogP contribution in [0.2, 0.25) is 5.02 Å². The van der Waals surface area contributed by atoms with Gasteiger partial charge in [-0.1, -0.05) is 17.7 Å². The number of ether oxygens (including phenoxy) is 2. The molecule has 0 spiro atoms. The van der Waals surface area contributed by atoms with Crippen LogP contribution in [0.4, 0.5) is 8.78 Å². The van der Waals surface area contributed by atoms with E-state index in [0.717, 1.165) is 65.8 Å². The van der Waals surface area contributed by atoms with Gasteiger partial charge in [0, 0.05) is 36.5 Å². The number of benzene rings is 2. The first kappa shape index (κ1) is 29.2. The molecule has 10 heteroatoms. The number of hydrogen-bond acceptors (Lipinski definition) is 6. The van der Waals surface area contributed by atoms with Crippen molar-refractivity contribution in [3.05, 3.63) is 75.8 Å². The molecular weight excluding hydrogens is 568 g/mol. The van der Waals surface area contributed by atoms with Crippen LogP contribution in [0.25, 0.3) is 21.2 Å². The second-order valence-corrected chi connectivity index (χ2v) is 11.4. The highest BCUT2D eigenvalue weighted by Gasteiger charge is 2.33. The summed E-state index contributed by atoms with van der Waals surface area (Å²) >= 11 is 7.46. The minimum absolute atomic E-state index is 0.0413. The number of thiophene rings is 1. The Morgan fingerprint density at radius 2 is 1.83 bits per heavy atom. The number of pyridine rings is 1. The van der Waals surface area contributed by atoms with E-state index in [-0.39, 0.29) is 38.5 Å². The van der Waals surface area contributed by atoms with E-state index in [1.54, 1.807) is 18.2 Å². The molecule has 41 heavy (non-hydrogen) atoms. The maximum Gasteiger partial charge on any atom is 0.266 e. The standard InChI is InChI=1S/C31H32ClF2N3O3S/c1-4-40-26-16-19(13-14-36-26)18-5-12-25(39-3)20(15-18)17-37(22-8-6-21(35-2)7-9-22)31(38)30-28(32)27-23(33)10-11-24(34)29(27)41-30/h5,10-16,21-22,35H,4,6-9,17H2,1-3H3/t21-,22-. The number of carbonyl (C=O) groups is 1. The Morgan fingerprint density at radius 3 is 2.51 bits per heavy atom. The molecule has 2 heterocycles. The fraction of sp³-hybridized carbons (Fsp3) is 0.355. The molecule has 5 rings (SSSR count). The summed E-state index contributed by atoms with van der Waals surface area (Å²) in [5, 5.41) is 3.22. The number of rotatable bonds is 9. The van der Waals surface area contributed by atoms with E-state index in [1.165, 1.54) is 0 Å². The van der Waals surface area contributed by atoms with E-state index < -0.39 is 11.6 Å². The maximum absolute atomic E-state index is 14.7. The summed E-state index contributed by atoms with van der Waals surface area (Å²) in [6, 6.07) is 12.0. The Hall–Kier alpha value is -3.27. The van der Waals surface area contributed by atoms with Crippen molar-refractivity contribution < 1.29 is 23.0 Å². The molecule has 0 radical (unpaired) electrons. The first-order chi connectivity index (χ1) is 19.8. The average Bonchev–Trinajstić information content (AvgIpc) is 3.36. The fourth-order valence-electron chi connectivity index (χ4n) is 5.49. The molecule has 2 aromatic heterocycles. The SMILES string of the molecule is CCOc1cc(-c2ccc(OC)c(CN(C(=O)c3sc4c(F)ccc(F)c4c3Cl)[C@H]3CC[C@H](NC)CC3)c2)ccn1. The number of amides is 1. The van der Waals surface area contributed by atoms with Gasteiger partial charge in [-0.3, -0.25) is 4.79 Å². The molecule has 1 aliphatic rings. The van der Waals surface area contributed by atoms with Gasteiger partial charge in [-0.2, -0.15) is 0 Å². The predicted molar refractivity (Wildman–Crippen MR) is 159 cm³/mol. The topological polar surface area (TPSA) is 63.7 Å². The van der Waals surface area contributed by atoms with Gasteiger partial charge >= 0.3 is 0 Å². The molecule has 1 saturated carbocycles. The Bertz CT molecular complexity index is 1560. The number of carbonyl (C=O) groups excluding carboxylic acids is 1. The van der Waals surface area contributed by atoms with E-state index in [4.69, 9.17) is 21.1 Å². The zero-order chi connectivity index (χ0) is 29.1. The third-order valence-corrected chi connectivity index (χ3v) is 9.34. The number of hydrogen-bond donors (Lipinski definition) is 1. The van der Waals surface area contributed by atoms with Crippen LogP contribution >= 0.6 is 22.9 Å². The number of methoxy groups -OCH3 is 1. The molecule has 6 nitrogen and oxygen atoms in total. The van der Waals surface area contributed by atoms with Crippen LogP contribution in [-0.4, -0.2) is 48.6 Å². The molecule has 216 valence electrons. The van der Waals surface area contributed by atoms with Crippen molar-refractivity contribution in [3.63, 3.8) is 0 Å². The fourth-order valence-corrected chi connectivity index (χ4v) is 6.99. The summed E-state index contributed by atoms with van der Waals surface area (Å²) in [7, 11) is 3.54. The normalized spacial score (nSPS) is 17.0. The van der Waals surface area contributed by atoms with Crippen molar-refractivity contribution in [1.82, 2.24) is 15.2 Å². The van der Waals surface area contributed by atoms with Crippen LogP contribution in [0.15, 0.2) is 48.7 Å². The van der Waals surface area contributed by atoms with E-state index in [9.17, 15) is 13.6 Å². The third kappa shape index (κ3) is 6.03. The van der Waals surface area contributed by atoms with E-state index >= 15 is 0 Å². The van der Waals surface area contributed by atoms with Gasteiger partial charge in [0.1, 0.15) is 22.3 Å². The van der Waals surface area contributed by atoms with Gasteiger partial charge in [-0.25, -0.2) is 13.8 Å². The summed E-state index contributed by atoms with van der Waals surface area (Å²) < 4.78 is 40.6. The van der Waals surface area contributed by atoms with Crippen LogP contribution in [0.1, 0.15) is 47.8 Å². The molecule has 0 unspecified atom stereocenters. The number of nitrogens with zero attached hydrogens (tertiary/aromatic N) is 2. The lowest BCUT2D eigenvalue weighted by molar-refractivity contribution is 0.0604.